The normalized spacial score (nSPS) is 11.1. The number of ether oxygens (including phenoxy) is 1. The summed E-state index contributed by atoms with van der Waals surface area (Å²) in [6.45, 7) is 3.95. The molecule has 0 atom stereocenters. The molecule has 0 aliphatic heterocycles. The lowest BCUT2D eigenvalue weighted by atomic mass is 9.99. The number of nitriles is 1. The maximum atomic E-state index is 12.3. The van der Waals surface area contributed by atoms with E-state index in [2.05, 4.69) is 17.6 Å². The van der Waals surface area contributed by atoms with E-state index in [0.29, 0.717) is 13.2 Å². The second kappa shape index (κ2) is 13.1. The van der Waals surface area contributed by atoms with Gasteiger partial charge in [0.1, 0.15) is 11.6 Å². The Morgan fingerprint density at radius 3 is 2.17 bits per heavy atom. The molecule has 2 N–H and O–H groups in total. The predicted octanol–water partition coefficient (Wildman–Crippen LogP) is 4.10. The summed E-state index contributed by atoms with van der Waals surface area (Å²) in [6, 6.07) is 21.7. The van der Waals surface area contributed by atoms with Crippen molar-refractivity contribution < 1.29 is 9.53 Å². The molecule has 5 nitrogen and oxygen atoms in total. The molecule has 0 fully saturated rings. The van der Waals surface area contributed by atoms with Crippen molar-refractivity contribution >= 4 is 5.91 Å². The van der Waals surface area contributed by atoms with E-state index in [9.17, 15) is 10.1 Å². The van der Waals surface area contributed by atoms with Crippen LogP contribution in [0.2, 0.25) is 0 Å². The summed E-state index contributed by atoms with van der Waals surface area (Å²) in [4.78, 5) is 12.3. The Morgan fingerprint density at radius 2 is 1.62 bits per heavy atom. The summed E-state index contributed by atoms with van der Waals surface area (Å²) in [7, 11) is 0. The quantitative estimate of drug-likeness (QED) is 0.325. The first-order valence-electron chi connectivity index (χ1n) is 10.1. The van der Waals surface area contributed by atoms with Crippen molar-refractivity contribution in [2.75, 3.05) is 19.8 Å². The van der Waals surface area contributed by atoms with Crippen molar-refractivity contribution in [3.63, 3.8) is 0 Å². The van der Waals surface area contributed by atoms with E-state index in [4.69, 9.17) is 4.74 Å². The third kappa shape index (κ3) is 7.81. The summed E-state index contributed by atoms with van der Waals surface area (Å²) < 4.78 is 5.48. The van der Waals surface area contributed by atoms with E-state index >= 15 is 0 Å². The van der Waals surface area contributed by atoms with Gasteiger partial charge in [-0.2, -0.15) is 5.26 Å². The standard InChI is InChI=1S/C24H29N3O2/c1-2-3-16-29-17-10-15-26-24(28)22(18-25)19-27-23(20-11-6-4-7-12-20)21-13-8-5-9-14-21/h4-9,11-14,19,23,27H,2-3,10,15-17H2,1H3,(H,26,28)/b22-19-. The van der Waals surface area contributed by atoms with Gasteiger partial charge >= 0.3 is 0 Å². The van der Waals surface area contributed by atoms with Gasteiger partial charge in [0.25, 0.3) is 5.91 Å². The zero-order valence-electron chi connectivity index (χ0n) is 16.9. The molecule has 1 amide bonds. The van der Waals surface area contributed by atoms with E-state index < -0.39 is 0 Å². The average Bonchev–Trinajstić information content (AvgIpc) is 2.77. The molecule has 0 radical (unpaired) electrons. The van der Waals surface area contributed by atoms with Gasteiger partial charge in [-0.15, -0.1) is 0 Å². The molecular formula is C24H29N3O2. The third-order valence-electron chi connectivity index (χ3n) is 4.42. The minimum atomic E-state index is -0.381. The highest BCUT2D eigenvalue weighted by atomic mass is 16.5. The second-order valence-corrected chi connectivity index (χ2v) is 6.67. The molecule has 0 bridgehead atoms. The molecule has 0 aliphatic rings. The first-order chi connectivity index (χ1) is 14.3. The minimum Gasteiger partial charge on any atom is -0.381 e. The van der Waals surface area contributed by atoms with Crippen LogP contribution >= 0.6 is 0 Å². The van der Waals surface area contributed by atoms with Crippen molar-refractivity contribution in [3.8, 4) is 6.07 Å². The van der Waals surface area contributed by atoms with Gasteiger partial charge in [-0.25, -0.2) is 0 Å². The number of unbranched alkanes of at least 4 members (excludes halogenated alkanes) is 1. The first kappa shape index (κ1) is 22.2. The fourth-order valence-corrected chi connectivity index (χ4v) is 2.81. The van der Waals surface area contributed by atoms with Gasteiger partial charge in [-0.1, -0.05) is 74.0 Å². The number of amides is 1. The molecule has 152 valence electrons. The Kier molecular flexibility index (Phi) is 10.1. The first-order valence-corrected chi connectivity index (χ1v) is 10.1. The van der Waals surface area contributed by atoms with E-state index in [0.717, 1.165) is 37.0 Å². The van der Waals surface area contributed by atoms with Gasteiger partial charge in [0, 0.05) is 26.0 Å². The van der Waals surface area contributed by atoms with Gasteiger partial charge < -0.3 is 15.4 Å². The zero-order chi connectivity index (χ0) is 20.7. The Hall–Kier alpha value is -3.10. The molecule has 2 aromatic carbocycles. The lowest BCUT2D eigenvalue weighted by Crippen LogP contribution is -2.28. The number of rotatable bonds is 12. The Morgan fingerprint density at radius 1 is 1.03 bits per heavy atom. The molecule has 2 aromatic rings. The molecule has 0 aliphatic carbocycles. The summed E-state index contributed by atoms with van der Waals surface area (Å²) >= 11 is 0. The Bertz CT molecular complexity index is 758. The summed E-state index contributed by atoms with van der Waals surface area (Å²) in [5, 5.41) is 15.4. The maximum Gasteiger partial charge on any atom is 0.263 e. The topological polar surface area (TPSA) is 74.1 Å². The highest BCUT2D eigenvalue weighted by Crippen LogP contribution is 2.21. The van der Waals surface area contributed by atoms with Crippen LogP contribution in [0.5, 0.6) is 0 Å². The summed E-state index contributed by atoms with van der Waals surface area (Å²) in [6.07, 6.45) is 4.37. The van der Waals surface area contributed by atoms with E-state index in [1.165, 1.54) is 6.20 Å². The highest BCUT2D eigenvalue weighted by Gasteiger charge is 2.14. The van der Waals surface area contributed by atoms with Crippen molar-refractivity contribution in [2.45, 2.75) is 32.2 Å². The molecule has 0 aromatic heterocycles. The zero-order valence-corrected chi connectivity index (χ0v) is 16.9. The number of hydrogen-bond donors (Lipinski definition) is 2. The lowest BCUT2D eigenvalue weighted by Gasteiger charge is -2.19. The number of carbonyl (C=O) groups excluding carboxylic acids is 1. The van der Waals surface area contributed by atoms with Crippen LogP contribution < -0.4 is 10.6 Å². The molecule has 2 rings (SSSR count). The van der Waals surface area contributed by atoms with Crippen LogP contribution in [0.1, 0.15) is 43.4 Å². The Balaban J connectivity index is 1.95. The van der Waals surface area contributed by atoms with E-state index in [1.807, 2.05) is 66.7 Å². The largest absolute Gasteiger partial charge is 0.381 e. The van der Waals surface area contributed by atoms with Gasteiger partial charge in [0.15, 0.2) is 0 Å². The van der Waals surface area contributed by atoms with Crippen molar-refractivity contribution in [1.82, 2.24) is 10.6 Å². The van der Waals surface area contributed by atoms with Crippen LogP contribution in [0.4, 0.5) is 0 Å². The van der Waals surface area contributed by atoms with Crippen molar-refractivity contribution in [2.24, 2.45) is 0 Å². The van der Waals surface area contributed by atoms with Crippen molar-refractivity contribution in [1.29, 1.82) is 5.26 Å². The van der Waals surface area contributed by atoms with E-state index in [-0.39, 0.29) is 17.5 Å². The molecular weight excluding hydrogens is 362 g/mol. The molecule has 0 saturated heterocycles. The maximum absolute atomic E-state index is 12.3. The predicted molar refractivity (Wildman–Crippen MR) is 115 cm³/mol. The monoisotopic (exact) mass is 391 g/mol. The van der Waals surface area contributed by atoms with Crippen LogP contribution in [-0.2, 0) is 9.53 Å². The molecule has 0 saturated carbocycles. The average molecular weight is 392 g/mol. The minimum absolute atomic E-state index is 0.0498. The molecule has 0 unspecified atom stereocenters. The SMILES string of the molecule is CCCCOCCCNC(=O)/C(C#N)=C\NC(c1ccccc1)c1ccccc1. The van der Waals surface area contributed by atoms with Gasteiger partial charge in [0.05, 0.1) is 6.04 Å². The molecule has 0 spiro atoms. The van der Waals surface area contributed by atoms with Gasteiger partial charge in [-0.3, -0.25) is 4.79 Å². The third-order valence-corrected chi connectivity index (χ3v) is 4.42. The number of hydrogen-bond acceptors (Lipinski definition) is 4. The van der Waals surface area contributed by atoms with Crippen LogP contribution in [0.25, 0.3) is 0 Å². The Labute approximate surface area is 173 Å². The number of carbonyl (C=O) groups is 1. The van der Waals surface area contributed by atoms with Gasteiger partial charge in [-0.05, 0) is 24.0 Å². The van der Waals surface area contributed by atoms with Crippen LogP contribution in [0.15, 0.2) is 72.4 Å². The molecule has 5 heteroatoms. The number of nitrogens with zero attached hydrogens (tertiary/aromatic N) is 1. The van der Waals surface area contributed by atoms with Crippen LogP contribution in [0, 0.1) is 11.3 Å². The summed E-state index contributed by atoms with van der Waals surface area (Å²) in [5.41, 5.74) is 2.16. The summed E-state index contributed by atoms with van der Waals surface area (Å²) in [5.74, 6) is -0.381. The fourth-order valence-electron chi connectivity index (χ4n) is 2.81. The molecule has 29 heavy (non-hydrogen) atoms. The van der Waals surface area contributed by atoms with Crippen LogP contribution in [-0.4, -0.2) is 25.7 Å². The van der Waals surface area contributed by atoms with Gasteiger partial charge in [0.2, 0.25) is 0 Å². The lowest BCUT2D eigenvalue weighted by molar-refractivity contribution is -0.117. The second-order valence-electron chi connectivity index (χ2n) is 6.67. The fraction of sp³-hybridized carbons (Fsp3) is 0.333. The number of nitrogens with one attached hydrogen (secondary N) is 2. The van der Waals surface area contributed by atoms with Crippen molar-refractivity contribution in [3.05, 3.63) is 83.6 Å². The molecule has 0 heterocycles. The highest BCUT2D eigenvalue weighted by molar-refractivity contribution is 5.97. The smallest absolute Gasteiger partial charge is 0.263 e. The number of benzene rings is 2. The van der Waals surface area contributed by atoms with E-state index in [1.54, 1.807) is 0 Å². The van der Waals surface area contributed by atoms with Crippen LogP contribution in [0.3, 0.4) is 0 Å².